The Balaban J connectivity index is 2.30. The average molecular weight is 248 g/mol. The molecule has 0 saturated carbocycles. The molecule has 1 heterocycles. The standard InChI is InChI=1S/C12H12N2O2S/c1-7-5-8(3-4-10(7)16-2)6-9-11(15)14-12(17)13-9/h3-6H,1-2H3,(H2,13,14,15,17)/b9-6-. The van der Waals surface area contributed by atoms with Crippen molar-refractivity contribution in [2.45, 2.75) is 6.92 Å². The average Bonchev–Trinajstić information content (AvgIpc) is 2.58. The van der Waals surface area contributed by atoms with Gasteiger partial charge in [-0.25, -0.2) is 0 Å². The van der Waals surface area contributed by atoms with Crippen molar-refractivity contribution in [1.82, 2.24) is 10.6 Å². The van der Waals surface area contributed by atoms with Crippen LogP contribution in [0.3, 0.4) is 0 Å². The number of methoxy groups -OCH3 is 1. The highest BCUT2D eigenvalue weighted by Crippen LogP contribution is 2.20. The lowest BCUT2D eigenvalue weighted by Crippen LogP contribution is -2.21. The van der Waals surface area contributed by atoms with Crippen molar-refractivity contribution in [3.63, 3.8) is 0 Å². The number of amides is 1. The van der Waals surface area contributed by atoms with Crippen LogP contribution in [-0.4, -0.2) is 18.1 Å². The SMILES string of the molecule is COc1ccc(/C=C2\NC(=S)NC2=O)cc1C. The first-order valence-corrected chi connectivity index (χ1v) is 5.49. The van der Waals surface area contributed by atoms with Gasteiger partial charge in [-0.1, -0.05) is 6.07 Å². The summed E-state index contributed by atoms with van der Waals surface area (Å²) in [5, 5.41) is 5.65. The van der Waals surface area contributed by atoms with Crippen LogP contribution >= 0.6 is 12.2 Å². The van der Waals surface area contributed by atoms with Crippen LogP contribution in [0.1, 0.15) is 11.1 Å². The van der Waals surface area contributed by atoms with E-state index < -0.39 is 0 Å². The van der Waals surface area contributed by atoms with Crippen molar-refractivity contribution in [1.29, 1.82) is 0 Å². The maximum absolute atomic E-state index is 11.4. The number of carbonyl (C=O) groups excluding carboxylic acids is 1. The molecule has 5 heteroatoms. The van der Waals surface area contributed by atoms with Crippen LogP contribution in [0.25, 0.3) is 6.08 Å². The Morgan fingerprint density at radius 3 is 2.65 bits per heavy atom. The minimum Gasteiger partial charge on any atom is -0.496 e. The molecule has 4 nitrogen and oxygen atoms in total. The van der Waals surface area contributed by atoms with Gasteiger partial charge in [0, 0.05) is 0 Å². The van der Waals surface area contributed by atoms with Crippen LogP contribution in [0, 0.1) is 6.92 Å². The van der Waals surface area contributed by atoms with Crippen LogP contribution < -0.4 is 15.4 Å². The Hall–Kier alpha value is -1.88. The fourth-order valence-electron chi connectivity index (χ4n) is 1.64. The van der Waals surface area contributed by atoms with E-state index in [1.807, 2.05) is 25.1 Å². The summed E-state index contributed by atoms with van der Waals surface area (Å²) in [6.07, 6.45) is 1.75. The van der Waals surface area contributed by atoms with Gasteiger partial charge < -0.3 is 10.1 Å². The van der Waals surface area contributed by atoms with Gasteiger partial charge in [0.2, 0.25) is 0 Å². The number of hydrogen-bond donors (Lipinski definition) is 2. The van der Waals surface area contributed by atoms with E-state index in [4.69, 9.17) is 17.0 Å². The molecule has 0 unspecified atom stereocenters. The number of carbonyl (C=O) groups is 1. The van der Waals surface area contributed by atoms with E-state index in [1.165, 1.54) is 0 Å². The fourth-order valence-corrected chi connectivity index (χ4v) is 1.84. The zero-order chi connectivity index (χ0) is 12.4. The molecule has 0 radical (unpaired) electrons. The number of benzene rings is 1. The van der Waals surface area contributed by atoms with Gasteiger partial charge in [-0.05, 0) is 48.5 Å². The summed E-state index contributed by atoms with van der Waals surface area (Å²) in [5.41, 5.74) is 2.40. The van der Waals surface area contributed by atoms with Crippen molar-refractivity contribution in [2.75, 3.05) is 7.11 Å². The first-order chi connectivity index (χ1) is 8.10. The number of thiocarbonyl (C=S) groups is 1. The summed E-state index contributed by atoms with van der Waals surface area (Å²) in [6, 6.07) is 5.70. The molecule has 0 aromatic heterocycles. The summed E-state index contributed by atoms with van der Waals surface area (Å²) in [5.74, 6) is 0.620. The smallest absolute Gasteiger partial charge is 0.273 e. The predicted octanol–water partition coefficient (Wildman–Crippen LogP) is 1.35. The van der Waals surface area contributed by atoms with E-state index >= 15 is 0 Å². The van der Waals surface area contributed by atoms with E-state index in [-0.39, 0.29) is 5.91 Å². The lowest BCUT2D eigenvalue weighted by Gasteiger charge is -2.05. The molecular weight excluding hydrogens is 236 g/mol. The number of nitrogens with one attached hydrogen (secondary N) is 2. The lowest BCUT2D eigenvalue weighted by atomic mass is 10.1. The first-order valence-electron chi connectivity index (χ1n) is 5.09. The quantitative estimate of drug-likeness (QED) is 0.613. The third-order valence-electron chi connectivity index (χ3n) is 2.45. The van der Waals surface area contributed by atoms with Gasteiger partial charge in [0.05, 0.1) is 7.11 Å². The van der Waals surface area contributed by atoms with E-state index in [1.54, 1.807) is 13.2 Å². The van der Waals surface area contributed by atoms with E-state index in [0.717, 1.165) is 16.9 Å². The van der Waals surface area contributed by atoms with Gasteiger partial charge in [-0.3, -0.25) is 10.1 Å². The molecule has 1 saturated heterocycles. The van der Waals surface area contributed by atoms with E-state index in [2.05, 4.69) is 10.6 Å². The molecule has 1 fully saturated rings. The molecule has 1 aliphatic heterocycles. The molecule has 1 aromatic carbocycles. The lowest BCUT2D eigenvalue weighted by molar-refractivity contribution is -0.115. The second-order valence-electron chi connectivity index (χ2n) is 3.70. The highest BCUT2D eigenvalue weighted by molar-refractivity contribution is 7.80. The first kappa shape index (κ1) is 11.6. The number of ether oxygens (including phenoxy) is 1. The molecule has 0 bridgehead atoms. The second kappa shape index (κ2) is 4.55. The van der Waals surface area contributed by atoms with Crippen molar-refractivity contribution >= 4 is 29.3 Å². The third kappa shape index (κ3) is 2.45. The zero-order valence-corrected chi connectivity index (χ0v) is 10.4. The maximum Gasteiger partial charge on any atom is 0.273 e. The molecule has 2 N–H and O–H groups in total. The van der Waals surface area contributed by atoms with Gasteiger partial charge >= 0.3 is 0 Å². The third-order valence-corrected chi connectivity index (χ3v) is 2.65. The van der Waals surface area contributed by atoms with Crippen LogP contribution in [-0.2, 0) is 4.79 Å². The molecule has 2 rings (SSSR count). The topological polar surface area (TPSA) is 50.4 Å². The van der Waals surface area contributed by atoms with Crippen molar-refractivity contribution in [2.24, 2.45) is 0 Å². The van der Waals surface area contributed by atoms with E-state index in [0.29, 0.717) is 10.8 Å². The van der Waals surface area contributed by atoms with Crippen LogP contribution in [0.5, 0.6) is 5.75 Å². The molecule has 1 aromatic rings. The predicted molar refractivity (Wildman–Crippen MR) is 69.6 cm³/mol. The summed E-state index contributed by atoms with van der Waals surface area (Å²) in [6.45, 7) is 1.95. The van der Waals surface area contributed by atoms with Crippen LogP contribution in [0.2, 0.25) is 0 Å². The maximum atomic E-state index is 11.4. The van der Waals surface area contributed by atoms with Crippen molar-refractivity contribution in [3.05, 3.63) is 35.0 Å². The van der Waals surface area contributed by atoms with Crippen molar-refractivity contribution in [3.8, 4) is 5.75 Å². The minimum atomic E-state index is -0.205. The molecule has 0 aliphatic carbocycles. The zero-order valence-electron chi connectivity index (χ0n) is 9.53. The van der Waals surface area contributed by atoms with Gasteiger partial charge in [0.15, 0.2) is 5.11 Å². The molecule has 1 aliphatic rings. The van der Waals surface area contributed by atoms with Gasteiger partial charge in [0.25, 0.3) is 5.91 Å². The Morgan fingerprint density at radius 2 is 2.12 bits per heavy atom. The summed E-state index contributed by atoms with van der Waals surface area (Å²) in [7, 11) is 1.63. The number of aryl methyl sites for hydroxylation is 1. The van der Waals surface area contributed by atoms with E-state index in [9.17, 15) is 4.79 Å². The largest absolute Gasteiger partial charge is 0.496 e. The fraction of sp³-hybridized carbons (Fsp3) is 0.167. The summed E-state index contributed by atoms with van der Waals surface area (Å²) < 4.78 is 5.17. The highest BCUT2D eigenvalue weighted by atomic mass is 32.1. The molecule has 1 amide bonds. The Kier molecular flexibility index (Phi) is 3.10. The van der Waals surface area contributed by atoms with Crippen LogP contribution in [0.4, 0.5) is 0 Å². The van der Waals surface area contributed by atoms with Gasteiger partial charge in [0.1, 0.15) is 11.4 Å². The molecule has 88 valence electrons. The number of rotatable bonds is 2. The minimum absolute atomic E-state index is 0.205. The summed E-state index contributed by atoms with van der Waals surface area (Å²) in [4.78, 5) is 11.4. The Bertz CT molecular complexity index is 523. The van der Waals surface area contributed by atoms with Gasteiger partial charge in [-0.2, -0.15) is 0 Å². The molecular formula is C12H12N2O2S. The highest BCUT2D eigenvalue weighted by Gasteiger charge is 2.19. The second-order valence-corrected chi connectivity index (χ2v) is 4.10. The Morgan fingerprint density at radius 1 is 1.35 bits per heavy atom. The number of hydrogen-bond acceptors (Lipinski definition) is 3. The normalized spacial score (nSPS) is 16.9. The van der Waals surface area contributed by atoms with Gasteiger partial charge in [-0.15, -0.1) is 0 Å². The Labute approximate surface area is 105 Å². The molecule has 0 spiro atoms. The monoisotopic (exact) mass is 248 g/mol. The molecule has 17 heavy (non-hydrogen) atoms. The summed E-state index contributed by atoms with van der Waals surface area (Å²) >= 11 is 4.85. The molecule has 0 atom stereocenters. The van der Waals surface area contributed by atoms with Crippen LogP contribution in [0.15, 0.2) is 23.9 Å². The van der Waals surface area contributed by atoms with Crippen molar-refractivity contribution < 1.29 is 9.53 Å².